The van der Waals surface area contributed by atoms with Crippen molar-refractivity contribution in [3.8, 4) is 10.6 Å². The molecule has 3 heterocycles. The summed E-state index contributed by atoms with van der Waals surface area (Å²) in [5.74, 6) is -0.835. The Morgan fingerprint density at radius 3 is 2.62 bits per heavy atom. The van der Waals surface area contributed by atoms with Gasteiger partial charge in [0.2, 0.25) is 0 Å². The number of aromatic nitrogens is 3. The molecule has 124 valence electrons. The molecule has 0 aromatic carbocycles. The Hall–Kier alpha value is -2.35. The second-order valence-corrected chi connectivity index (χ2v) is 7.34. The number of piperazine rings is 1. The van der Waals surface area contributed by atoms with Gasteiger partial charge in [-0.1, -0.05) is 0 Å². The van der Waals surface area contributed by atoms with E-state index >= 15 is 0 Å². The summed E-state index contributed by atoms with van der Waals surface area (Å²) in [7, 11) is 0. The van der Waals surface area contributed by atoms with Crippen LogP contribution in [0.5, 0.6) is 0 Å². The molecule has 1 aliphatic heterocycles. The maximum atomic E-state index is 12.3. The van der Waals surface area contributed by atoms with E-state index in [1.165, 1.54) is 11.3 Å². The van der Waals surface area contributed by atoms with Crippen LogP contribution in [0, 0.1) is 0 Å². The molecule has 24 heavy (non-hydrogen) atoms. The van der Waals surface area contributed by atoms with E-state index < -0.39 is 11.8 Å². The van der Waals surface area contributed by atoms with E-state index in [0.717, 1.165) is 23.4 Å². The number of amides is 2. The van der Waals surface area contributed by atoms with Crippen molar-refractivity contribution < 1.29 is 9.59 Å². The van der Waals surface area contributed by atoms with Crippen molar-refractivity contribution in [1.29, 1.82) is 0 Å². The van der Waals surface area contributed by atoms with Gasteiger partial charge in [0.15, 0.2) is 0 Å². The van der Waals surface area contributed by atoms with Gasteiger partial charge in [0.05, 0.1) is 22.6 Å². The summed E-state index contributed by atoms with van der Waals surface area (Å²) in [6.07, 6.45) is 3.71. The zero-order valence-corrected chi connectivity index (χ0v) is 14.1. The largest absolute Gasteiger partial charge is 0.327 e. The van der Waals surface area contributed by atoms with Crippen LogP contribution in [0.2, 0.25) is 0 Å². The Morgan fingerprint density at radius 2 is 2.00 bits per heavy atom. The molecule has 2 fully saturated rings. The average molecular weight is 343 g/mol. The quantitative estimate of drug-likeness (QED) is 0.783. The number of nitrogens with zero attached hydrogens (tertiary/aromatic N) is 5. The molecule has 2 aliphatic rings. The molecule has 0 radical (unpaired) electrons. The molecule has 2 aromatic rings. The summed E-state index contributed by atoms with van der Waals surface area (Å²) in [4.78, 5) is 32.9. The number of hydrogen-bond donors (Lipinski definition) is 0. The summed E-state index contributed by atoms with van der Waals surface area (Å²) in [6, 6.07) is 3.71. The second kappa shape index (κ2) is 5.62. The van der Waals surface area contributed by atoms with Gasteiger partial charge in [-0.15, -0.1) is 16.4 Å². The summed E-state index contributed by atoms with van der Waals surface area (Å²) < 4.78 is 0. The first-order valence-corrected chi connectivity index (χ1v) is 8.77. The van der Waals surface area contributed by atoms with Crippen LogP contribution >= 0.6 is 11.3 Å². The van der Waals surface area contributed by atoms with Crippen molar-refractivity contribution in [2.45, 2.75) is 31.8 Å². The van der Waals surface area contributed by atoms with Crippen LogP contribution in [0.15, 0.2) is 23.8 Å². The first-order valence-electron chi connectivity index (χ1n) is 7.89. The minimum Gasteiger partial charge on any atom is -0.327 e. The van der Waals surface area contributed by atoms with Crippen molar-refractivity contribution in [3.05, 3.63) is 29.5 Å². The average Bonchev–Trinajstić information content (AvgIpc) is 3.11. The van der Waals surface area contributed by atoms with Crippen LogP contribution in [0.1, 0.15) is 25.5 Å². The highest BCUT2D eigenvalue weighted by atomic mass is 32.1. The predicted molar refractivity (Wildman–Crippen MR) is 87.9 cm³/mol. The zero-order valence-electron chi connectivity index (χ0n) is 13.3. The van der Waals surface area contributed by atoms with Crippen LogP contribution in [0.3, 0.4) is 0 Å². The van der Waals surface area contributed by atoms with E-state index in [2.05, 4.69) is 15.2 Å². The molecule has 4 rings (SSSR count). The third-order valence-electron chi connectivity index (χ3n) is 4.69. The first kappa shape index (κ1) is 15.2. The Kier molecular flexibility index (Phi) is 3.56. The van der Waals surface area contributed by atoms with Crippen LogP contribution in [0.25, 0.3) is 10.6 Å². The number of carbonyl (C=O) groups excluding carboxylic acids is 2. The third kappa shape index (κ3) is 2.66. The highest BCUT2D eigenvalue weighted by Crippen LogP contribution is 2.41. The minimum atomic E-state index is -0.442. The Labute approximate surface area is 143 Å². The Bertz CT molecular complexity index is 770. The molecule has 1 aliphatic carbocycles. The monoisotopic (exact) mass is 343 g/mol. The number of thiazole rings is 1. The van der Waals surface area contributed by atoms with Gasteiger partial charge in [0.1, 0.15) is 5.69 Å². The van der Waals surface area contributed by atoms with Crippen LogP contribution < -0.4 is 0 Å². The molecular weight excluding hydrogens is 326 g/mol. The van der Waals surface area contributed by atoms with E-state index in [-0.39, 0.29) is 5.54 Å². The van der Waals surface area contributed by atoms with Crippen molar-refractivity contribution in [2.24, 2.45) is 0 Å². The molecule has 0 N–H and O–H groups in total. The standard InChI is InChI=1S/C16H17N5O2S/c1-16(4-5-16)21-7-6-20(14(22)15(21)23)9-11-2-3-12(19-18-11)13-8-17-10-24-13/h2-3,8,10H,4-7,9H2,1H3. The lowest BCUT2D eigenvalue weighted by Crippen LogP contribution is -2.57. The lowest BCUT2D eigenvalue weighted by Gasteiger charge is -2.37. The molecule has 1 saturated carbocycles. The highest BCUT2D eigenvalue weighted by molar-refractivity contribution is 7.13. The summed E-state index contributed by atoms with van der Waals surface area (Å²) in [6.45, 7) is 3.48. The third-order valence-corrected chi connectivity index (χ3v) is 5.49. The van der Waals surface area contributed by atoms with Gasteiger partial charge < -0.3 is 9.80 Å². The van der Waals surface area contributed by atoms with Gasteiger partial charge in [0, 0.05) is 24.8 Å². The second-order valence-electron chi connectivity index (χ2n) is 6.46. The van der Waals surface area contributed by atoms with Crippen molar-refractivity contribution in [2.75, 3.05) is 13.1 Å². The van der Waals surface area contributed by atoms with Crippen molar-refractivity contribution in [3.63, 3.8) is 0 Å². The van der Waals surface area contributed by atoms with E-state index in [9.17, 15) is 9.59 Å². The fraction of sp³-hybridized carbons (Fsp3) is 0.438. The fourth-order valence-electron chi connectivity index (χ4n) is 2.90. The van der Waals surface area contributed by atoms with E-state index in [0.29, 0.717) is 25.3 Å². The van der Waals surface area contributed by atoms with Crippen molar-refractivity contribution in [1.82, 2.24) is 25.0 Å². The lowest BCUT2D eigenvalue weighted by molar-refractivity contribution is -0.158. The molecule has 7 nitrogen and oxygen atoms in total. The normalized spacial score (nSPS) is 19.7. The van der Waals surface area contributed by atoms with Gasteiger partial charge in [-0.3, -0.25) is 14.6 Å². The van der Waals surface area contributed by atoms with E-state index in [1.807, 2.05) is 19.1 Å². The number of carbonyl (C=O) groups is 2. The van der Waals surface area contributed by atoms with Gasteiger partial charge in [0.25, 0.3) is 0 Å². The summed E-state index contributed by atoms with van der Waals surface area (Å²) >= 11 is 1.50. The topological polar surface area (TPSA) is 79.3 Å². The van der Waals surface area contributed by atoms with E-state index in [4.69, 9.17) is 0 Å². The fourth-order valence-corrected chi connectivity index (χ4v) is 3.49. The molecule has 2 amide bonds. The molecule has 0 spiro atoms. The summed E-state index contributed by atoms with van der Waals surface area (Å²) in [5.41, 5.74) is 3.08. The zero-order chi connectivity index (χ0) is 16.7. The first-order chi connectivity index (χ1) is 11.6. The SMILES string of the molecule is CC1(N2CCN(Cc3ccc(-c4cncs4)nn3)C(=O)C2=O)CC1. The molecular formula is C16H17N5O2S. The van der Waals surface area contributed by atoms with Crippen LogP contribution in [-0.4, -0.2) is 55.4 Å². The molecule has 2 aromatic heterocycles. The number of hydrogen-bond acceptors (Lipinski definition) is 6. The van der Waals surface area contributed by atoms with Gasteiger partial charge in [-0.25, -0.2) is 0 Å². The van der Waals surface area contributed by atoms with E-state index in [1.54, 1.807) is 21.5 Å². The predicted octanol–water partition coefficient (Wildman–Crippen LogP) is 1.32. The Balaban J connectivity index is 1.44. The highest BCUT2D eigenvalue weighted by Gasteiger charge is 2.49. The van der Waals surface area contributed by atoms with Gasteiger partial charge in [-0.05, 0) is 31.9 Å². The van der Waals surface area contributed by atoms with Crippen molar-refractivity contribution >= 4 is 23.2 Å². The maximum absolute atomic E-state index is 12.3. The smallest absolute Gasteiger partial charge is 0.312 e. The number of rotatable bonds is 4. The summed E-state index contributed by atoms with van der Waals surface area (Å²) in [5, 5.41) is 8.36. The molecule has 0 atom stereocenters. The van der Waals surface area contributed by atoms with Crippen LogP contribution in [0.4, 0.5) is 0 Å². The lowest BCUT2D eigenvalue weighted by atomic mass is 10.2. The molecule has 0 unspecified atom stereocenters. The molecule has 1 saturated heterocycles. The van der Waals surface area contributed by atoms with Gasteiger partial charge >= 0.3 is 11.8 Å². The van der Waals surface area contributed by atoms with Gasteiger partial charge in [-0.2, -0.15) is 5.10 Å². The molecule has 8 heteroatoms. The minimum absolute atomic E-state index is 0.102. The molecule has 0 bridgehead atoms. The maximum Gasteiger partial charge on any atom is 0.312 e. The Morgan fingerprint density at radius 1 is 1.17 bits per heavy atom. The van der Waals surface area contributed by atoms with Crippen LogP contribution in [-0.2, 0) is 16.1 Å².